The van der Waals surface area contributed by atoms with E-state index in [-0.39, 0.29) is 11.3 Å². The topological polar surface area (TPSA) is 71.4 Å². The van der Waals surface area contributed by atoms with Crippen LogP contribution in [0.3, 0.4) is 0 Å². The Morgan fingerprint density at radius 1 is 1.21 bits per heavy atom. The van der Waals surface area contributed by atoms with E-state index < -0.39 is 21.2 Å². The Bertz CT molecular complexity index is 613. The minimum Gasteiger partial charge on any atom is -0.481 e. The number of carboxylic acid groups (broad SMARTS) is 1. The normalized spacial score (nSPS) is 12.5. The molecule has 0 saturated carbocycles. The molecule has 5 heteroatoms. The first kappa shape index (κ1) is 15.7. The summed E-state index contributed by atoms with van der Waals surface area (Å²) in [6, 6.07) is 3.41. The molecule has 1 N–H and O–H groups in total. The van der Waals surface area contributed by atoms with Gasteiger partial charge in [-0.2, -0.15) is 0 Å². The summed E-state index contributed by atoms with van der Waals surface area (Å²) < 4.78 is 23.8. The highest BCUT2D eigenvalue weighted by Gasteiger charge is 2.30. The zero-order valence-electron chi connectivity index (χ0n) is 11.9. The van der Waals surface area contributed by atoms with Gasteiger partial charge in [0.25, 0.3) is 0 Å². The van der Waals surface area contributed by atoms with Gasteiger partial charge in [0.15, 0.2) is 9.84 Å². The smallest absolute Gasteiger partial charge is 0.304 e. The lowest BCUT2D eigenvalue weighted by Crippen LogP contribution is -2.24. The van der Waals surface area contributed by atoms with Crippen molar-refractivity contribution in [2.45, 2.75) is 44.4 Å². The van der Waals surface area contributed by atoms with E-state index in [2.05, 4.69) is 0 Å². The van der Waals surface area contributed by atoms with Crippen molar-refractivity contribution in [2.75, 3.05) is 6.26 Å². The van der Waals surface area contributed by atoms with E-state index in [1.54, 1.807) is 26.0 Å². The monoisotopic (exact) mass is 284 g/mol. The highest BCUT2D eigenvalue weighted by Crippen LogP contribution is 2.34. The molecule has 0 aromatic heterocycles. The molecule has 0 amide bonds. The van der Waals surface area contributed by atoms with Gasteiger partial charge in [-0.1, -0.05) is 19.9 Å². The van der Waals surface area contributed by atoms with Gasteiger partial charge in [-0.15, -0.1) is 0 Å². The van der Waals surface area contributed by atoms with Crippen LogP contribution in [0, 0.1) is 13.8 Å². The second-order valence-electron chi connectivity index (χ2n) is 5.66. The van der Waals surface area contributed by atoms with Gasteiger partial charge in [-0.25, -0.2) is 8.42 Å². The van der Waals surface area contributed by atoms with Crippen LogP contribution >= 0.6 is 0 Å². The molecule has 0 heterocycles. The average Bonchev–Trinajstić information content (AvgIpc) is 2.17. The third kappa shape index (κ3) is 3.56. The lowest BCUT2D eigenvalue weighted by Gasteiger charge is -2.26. The van der Waals surface area contributed by atoms with Crippen LogP contribution in [-0.2, 0) is 20.0 Å². The SMILES string of the molecule is Cc1cc(C(C)(C)CC(=O)O)c(S(C)(=O)=O)cc1C. The maximum atomic E-state index is 11.9. The van der Waals surface area contributed by atoms with Crippen LogP contribution in [-0.4, -0.2) is 25.7 Å². The van der Waals surface area contributed by atoms with Gasteiger partial charge < -0.3 is 5.11 Å². The Hall–Kier alpha value is -1.36. The largest absolute Gasteiger partial charge is 0.481 e. The maximum Gasteiger partial charge on any atom is 0.304 e. The molecular formula is C14H20O4S. The molecule has 0 aliphatic carbocycles. The van der Waals surface area contributed by atoms with E-state index in [0.717, 1.165) is 17.4 Å². The van der Waals surface area contributed by atoms with Crippen LogP contribution in [0.2, 0.25) is 0 Å². The number of benzene rings is 1. The highest BCUT2D eigenvalue weighted by molar-refractivity contribution is 7.90. The van der Waals surface area contributed by atoms with Crippen molar-refractivity contribution in [1.82, 2.24) is 0 Å². The number of rotatable bonds is 4. The molecule has 0 aliphatic heterocycles. The molecule has 0 bridgehead atoms. The van der Waals surface area contributed by atoms with Crippen LogP contribution in [0.5, 0.6) is 0 Å². The summed E-state index contributed by atoms with van der Waals surface area (Å²) >= 11 is 0. The maximum absolute atomic E-state index is 11.9. The predicted octanol–water partition coefficient (Wildman–Crippen LogP) is 2.46. The lowest BCUT2D eigenvalue weighted by molar-refractivity contribution is -0.138. The van der Waals surface area contributed by atoms with E-state index >= 15 is 0 Å². The standard InChI is InChI=1S/C14H20O4S/c1-9-6-11(14(3,4)8-13(15)16)12(7-10(9)2)19(5,17)18/h6-7H,8H2,1-5H3,(H,15,16). The Labute approximate surface area is 114 Å². The molecule has 0 aliphatic rings. The molecule has 4 nitrogen and oxygen atoms in total. The van der Waals surface area contributed by atoms with Crippen LogP contribution < -0.4 is 0 Å². The van der Waals surface area contributed by atoms with Crippen LogP contribution in [0.4, 0.5) is 0 Å². The van der Waals surface area contributed by atoms with Gasteiger partial charge in [0.2, 0.25) is 0 Å². The quantitative estimate of drug-likeness (QED) is 0.922. The zero-order valence-corrected chi connectivity index (χ0v) is 12.8. The third-order valence-electron chi connectivity index (χ3n) is 3.32. The molecule has 106 valence electrons. The summed E-state index contributed by atoms with van der Waals surface area (Å²) in [4.78, 5) is 11.2. The fourth-order valence-corrected chi connectivity index (χ4v) is 3.22. The molecule has 0 saturated heterocycles. The summed E-state index contributed by atoms with van der Waals surface area (Å²) in [5.74, 6) is -0.942. The Morgan fingerprint density at radius 2 is 1.68 bits per heavy atom. The number of hydrogen-bond donors (Lipinski definition) is 1. The number of sulfone groups is 1. The molecule has 0 unspecified atom stereocenters. The van der Waals surface area contributed by atoms with Gasteiger partial charge in [-0.05, 0) is 36.6 Å². The van der Waals surface area contributed by atoms with Crippen molar-refractivity contribution in [3.63, 3.8) is 0 Å². The summed E-state index contributed by atoms with van der Waals surface area (Å²) in [7, 11) is -3.38. The summed E-state index contributed by atoms with van der Waals surface area (Å²) in [5.41, 5.74) is 1.68. The van der Waals surface area contributed by atoms with Crippen molar-refractivity contribution in [3.8, 4) is 0 Å². The molecule has 1 aromatic carbocycles. The zero-order chi connectivity index (χ0) is 15.0. The fraction of sp³-hybridized carbons (Fsp3) is 0.500. The lowest BCUT2D eigenvalue weighted by atomic mass is 9.80. The molecule has 0 radical (unpaired) electrons. The fourth-order valence-electron chi connectivity index (χ4n) is 2.10. The summed E-state index contributed by atoms with van der Waals surface area (Å²) in [5, 5.41) is 8.98. The molecule has 1 aromatic rings. The van der Waals surface area contributed by atoms with Crippen LogP contribution in [0.15, 0.2) is 17.0 Å². The van der Waals surface area contributed by atoms with Crippen molar-refractivity contribution in [3.05, 3.63) is 28.8 Å². The molecule has 0 spiro atoms. The van der Waals surface area contributed by atoms with E-state index in [4.69, 9.17) is 5.11 Å². The minimum absolute atomic E-state index is 0.113. The summed E-state index contributed by atoms with van der Waals surface area (Å²) in [6.45, 7) is 7.24. The first-order valence-corrected chi connectivity index (χ1v) is 7.88. The van der Waals surface area contributed by atoms with E-state index in [1.807, 2.05) is 13.8 Å². The number of aliphatic carboxylic acids is 1. The minimum atomic E-state index is -3.38. The Morgan fingerprint density at radius 3 is 2.11 bits per heavy atom. The Kier molecular flexibility index (Phi) is 4.10. The number of carboxylic acids is 1. The highest BCUT2D eigenvalue weighted by atomic mass is 32.2. The average molecular weight is 284 g/mol. The van der Waals surface area contributed by atoms with Gasteiger partial charge >= 0.3 is 5.97 Å². The molecule has 19 heavy (non-hydrogen) atoms. The number of aryl methyl sites for hydroxylation is 2. The van der Waals surface area contributed by atoms with E-state index in [0.29, 0.717) is 5.56 Å². The van der Waals surface area contributed by atoms with Crippen LogP contribution in [0.25, 0.3) is 0 Å². The van der Waals surface area contributed by atoms with Crippen LogP contribution in [0.1, 0.15) is 37.0 Å². The first-order chi connectivity index (χ1) is 8.45. The van der Waals surface area contributed by atoms with Gasteiger partial charge in [0.1, 0.15) is 0 Å². The number of carbonyl (C=O) groups is 1. The third-order valence-corrected chi connectivity index (χ3v) is 4.45. The molecular weight excluding hydrogens is 264 g/mol. The van der Waals surface area contributed by atoms with Gasteiger partial charge in [-0.3, -0.25) is 4.79 Å². The number of hydrogen-bond acceptors (Lipinski definition) is 3. The van der Waals surface area contributed by atoms with Gasteiger partial charge in [0, 0.05) is 11.7 Å². The second kappa shape index (κ2) is 4.96. The first-order valence-electron chi connectivity index (χ1n) is 5.99. The second-order valence-corrected chi connectivity index (χ2v) is 7.64. The Balaban J connectivity index is 3.58. The van der Waals surface area contributed by atoms with Crippen molar-refractivity contribution in [2.24, 2.45) is 0 Å². The van der Waals surface area contributed by atoms with Crippen molar-refractivity contribution >= 4 is 15.8 Å². The predicted molar refractivity (Wildman–Crippen MR) is 74.3 cm³/mol. The summed E-state index contributed by atoms with van der Waals surface area (Å²) in [6.07, 6.45) is 1.04. The molecule has 0 fully saturated rings. The van der Waals surface area contributed by atoms with Crippen molar-refractivity contribution < 1.29 is 18.3 Å². The van der Waals surface area contributed by atoms with E-state index in [9.17, 15) is 13.2 Å². The molecule has 0 atom stereocenters. The molecule has 1 rings (SSSR count). The van der Waals surface area contributed by atoms with Gasteiger partial charge in [0.05, 0.1) is 11.3 Å². The van der Waals surface area contributed by atoms with E-state index in [1.165, 1.54) is 0 Å². The van der Waals surface area contributed by atoms with Crippen molar-refractivity contribution in [1.29, 1.82) is 0 Å².